The third-order valence-corrected chi connectivity index (χ3v) is 10.00. The van der Waals surface area contributed by atoms with E-state index in [0.717, 1.165) is 38.5 Å². The van der Waals surface area contributed by atoms with Crippen molar-refractivity contribution in [3.8, 4) is 22.3 Å². The van der Waals surface area contributed by atoms with Gasteiger partial charge < -0.3 is 4.42 Å². The molecular weight excluding hydrogens is 517 g/mol. The Morgan fingerprint density at radius 2 is 1.08 bits per heavy atom. The van der Waals surface area contributed by atoms with E-state index in [1.807, 2.05) is 12.4 Å². The predicted octanol–water partition coefficient (Wildman–Crippen LogP) is 10.4. The molecule has 9 aromatic rings. The minimum absolute atomic E-state index is 0.896. The second kappa shape index (κ2) is 7.96. The SMILES string of the molecule is c1ccc2c(c1)sc1c(-c3ccc4c(c3)oc3ccc(-c5ccnc6c5sc5ccccc56)cc34)ccnc12. The zero-order valence-corrected chi connectivity index (χ0v) is 22.1. The number of hydrogen-bond acceptors (Lipinski definition) is 5. The molecule has 0 unspecified atom stereocenters. The standard InChI is InChI=1S/C34H18N2OS2/c1-3-7-29-24(5-1)31-33(38-29)21(13-15-35-31)19-10-12-27-26(17-19)23-11-9-20(18-28(23)37-27)22-14-16-36-32-25-6-2-4-8-30(25)39-34(22)32/h1-18H. The highest BCUT2D eigenvalue weighted by molar-refractivity contribution is 7.26. The fraction of sp³-hybridized carbons (Fsp3) is 0. The van der Waals surface area contributed by atoms with Crippen LogP contribution in [0.4, 0.5) is 0 Å². The van der Waals surface area contributed by atoms with Gasteiger partial charge in [-0.2, -0.15) is 0 Å². The summed E-state index contributed by atoms with van der Waals surface area (Å²) in [6.07, 6.45) is 3.83. The van der Waals surface area contributed by atoms with Gasteiger partial charge in [0.2, 0.25) is 0 Å². The van der Waals surface area contributed by atoms with Crippen LogP contribution in [0.15, 0.2) is 114 Å². The molecule has 0 spiro atoms. The van der Waals surface area contributed by atoms with Gasteiger partial charge in [0, 0.05) is 54.5 Å². The monoisotopic (exact) mass is 534 g/mol. The second-order valence-corrected chi connectivity index (χ2v) is 11.9. The summed E-state index contributed by atoms with van der Waals surface area (Å²) >= 11 is 3.60. The van der Waals surface area contributed by atoms with Gasteiger partial charge in [0.05, 0.1) is 20.4 Å². The van der Waals surface area contributed by atoms with E-state index in [1.165, 1.54) is 46.3 Å². The average molecular weight is 535 g/mol. The summed E-state index contributed by atoms with van der Waals surface area (Å²) in [6, 6.07) is 34.3. The van der Waals surface area contributed by atoms with E-state index < -0.39 is 0 Å². The van der Waals surface area contributed by atoms with Crippen LogP contribution < -0.4 is 0 Å². The number of benzene rings is 4. The largest absolute Gasteiger partial charge is 0.456 e. The molecule has 0 fully saturated rings. The third-order valence-electron chi connectivity index (χ3n) is 7.61. The molecule has 4 aromatic carbocycles. The first-order chi connectivity index (χ1) is 19.3. The fourth-order valence-corrected chi connectivity index (χ4v) is 8.17. The van der Waals surface area contributed by atoms with Crippen molar-refractivity contribution in [2.75, 3.05) is 0 Å². The first-order valence-corrected chi connectivity index (χ1v) is 14.4. The maximum absolute atomic E-state index is 6.39. The van der Waals surface area contributed by atoms with Crippen LogP contribution in [0.25, 0.3) is 84.8 Å². The van der Waals surface area contributed by atoms with Gasteiger partial charge in [-0.3, -0.25) is 9.97 Å². The van der Waals surface area contributed by atoms with E-state index in [1.54, 1.807) is 22.7 Å². The highest BCUT2D eigenvalue weighted by Gasteiger charge is 2.16. The zero-order chi connectivity index (χ0) is 25.5. The molecule has 0 amide bonds. The van der Waals surface area contributed by atoms with Crippen molar-refractivity contribution in [2.24, 2.45) is 0 Å². The Bertz CT molecular complexity index is 2410. The zero-order valence-electron chi connectivity index (χ0n) is 20.5. The minimum Gasteiger partial charge on any atom is -0.456 e. The topological polar surface area (TPSA) is 38.9 Å². The summed E-state index contributed by atoms with van der Waals surface area (Å²) in [4.78, 5) is 9.43. The summed E-state index contributed by atoms with van der Waals surface area (Å²) in [5.41, 5.74) is 8.64. The number of thiophene rings is 2. The number of rotatable bonds is 2. The lowest BCUT2D eigenvalue weighted by molar-refractivity contribution is 0.669. The molecule has 0 aliphatic rings. The molecule has 5 heterocycles. The number of pyridine rings is 2. The molecule has 5 heteroatoms. The molecule has 0 radical (unpaired) electrons. The quantitative estimate of drug-likeness (QED) is 0.221. The van der Waals surface area contributed by atoms with Gasteiger partial charge in [-0.25, -0.2) is 0 Å². The summed E-state index contributed by atoms with van der Waals surface area (Å²) < 4.78 is 11.3. The summed E-state index contributed by atoms with van der Waals surface area (Å²) in [5, 5.41) is 4.67. The van der Waals surface area contributed by atoms with Gasteiger partial charge in [0.25, 0.3) is 0 Å². The van der Waals surface area contributed by atoms with Crippen LogP contribution in [0.3, 0.4) is 0 Å². The smallest absolute Gasteiger partial charge is 0.136 e. The van der Waals surface area contributed by atoms with E-state index in [2.05, 4.69) is 97.1 Å². The normalized spacial score (nSPS) is 12.1. The van der Waals surface area contributed by atoms with Crippen LogP contribution in [0.2, 0.25) is 0 Å². The highest BCUT2D eigenvalue weighted by Crippen LogP contribution is 2.42. The van der Waals surface area contributed by atoms with Gasteiger partial charge in [-0.15, -0.1) is 22.7 Å². The lowest BCUT2D eigenvalue weighted by Gasteiger charge is -2.04. The Hall–Kier alpha value is -4.58. The second-order valence-electron chi connectivity index (χ2n) is 9.79. The lowest BCUT2D eigenvalue weighted by Crippen LogP contribution is -1.81. The molecule has 182 valence electrons. The van der Waals surface area contributed by atoms with Crippen molar-refractivity contribution in [3.05, 3.63) is 109 Å². The maximum Gasteiger partial charge on any atom is 0.136 e. The van der Waals surface area contributed by atoms with Crippen LogP contribution in [-0.2, 0) is 0 Å². The van der Waals surface area contributed by atoms with Crippen molar-refractivity contribution in [3.63, 3.8) is 0 Å². The number of nitrogens with zero attached hydrogens (tertiary/aromatic N) is 2. The molecule has 0 saturated heterocycles. The first-order valence-electron chi connectivity index (χ1n) is 12.8. The maximum atomic E-state index is 6.39. The fourth-order valence-electron chi connectivity index (χ4n) is 5.78. The Labute approximate surface area is 230 Å². The molecule has 3 nitrogen and oxygen atoms in total. The number of furan rings is 1. The molecule has 9 rings (SSSR count). The Balaban J connectivity index is 1.22. The van der Waals surface area contributed by atoms with Crippen molar-refractivity contribution in [1.29, 1.82) is 0 Å². The molecule has 39 heavy (non-hydrogen) atoms. The summed E-state index contributed by atoms with van der Waals surface area (Å²) in [5.74, 6) is 0. The van der Waals surface area contributed by atoms with E-state index in [4.69, 9.17) is 14.4 Å². The van der Waals surface area contributed by atoms with Gasteiger partial charge in [-0.05, 0) is 59.7 Å². The summed E-state index contributed by atoms with van der Waals surface area (Å²) in [7, 11) is 0. The Morgan fingerprint density at radius 3 is 1.74 bits per heavy atom. The van der Waals surface area contributed by atoms with Gasteiger partial charge >= 0.3 is 0 Å². The average Bonchev–Trinajstić information content (AvgIpc) is 3.67. The van der Waals surface area contributed by atoms with Crippen molar-refractivity contribution >= 4 is 85.2 Å². The van der Waals surface area contributed by atoms with Crippen molar-refractivity contribution in [2.45, 2.75) is 0 Å². The van der Waals surface area contributed by atoms with Gasteiger partial charge in [0.15, 0.2) is 0 Å². The molecule has 0 aliphatic carbocycles. The van der Waals surface area contributed by atoms with Crippen LogP contribution >= 0.6 is 22.7 Å². The van der Waals surface area contributed by atoms with Crippen LogP contribution in [-0.4, -0.2) is 9.97 Å². The third kappa shape index (κ3) is 3.08. The number of fused-ring (bicyclic) bond motifs is 9. The molecule has 0 saturated carbocycles. The Kier molecular flexibility index (Phi) is 4.36. The molecule has 0 atom stereocenters. The minimum atomic E-state index is 0.896. The van der Waals surface area contributed by atoms with E-state index in [-0.39, 0.29) is 0 Å². The first kappa shape index (κ1) is 21.4. The van der Waals surface area contributed by atoms with Crippen LogP contribution in [0.5, 0.6) is 0 Å². The van der Waals surface area contributed by atoms with Crippen molar-refractivity contribution in [1.82, 2.24) is 9.97 Å². The molecule has 0 N–H and O–H groups in total. The van der Waals surface area contributed by atoms with E-state index in [9.17, 15) is 0 Å². The van der Waals surface area contributed by atoms with Crippen LogP contribution in [0.1, 0.15) is 0 Å². The van der Waals surface area contributed by atoms with E-state index in [0.29, 0.717) is 0 Å². The summed E-state index contributed by atoms with van der Waals surface area (Å²) in [6.45, 7) is 0. The molecule has 5 aromatic heterocycles. The Morgan fingerprint density at radius 1 is 0.487 bits per heavy atom. The highest BCUT2D eigenvalue weighted by atomic mass is 32.1. The van der Waals surface area contributed by atoms with Crippen molar-refractivity contribution < 1.29 is 4.42 Å². The van der Waals surface area contributed by atoms with Gasteiger partial charge in [-0.1, -0.05) is 48.5 Å². The molecule has 0 aliphatic heterocycles. The number of aromatic nitrogens is 2. The molecule has 0 bridgehead atoms. The van der Waals surface area contributed by atoms with Crippen LogP contribution in [0, 0.1) is 0 Å². The number of hydrogen-bond donors (Lipinski definition) is 0. The predicted molar refractivity (Wildman–Crippen MR) is 166 cm³/mol. The van der Waals surface area contributed by atoms with Gasteiger partial charge in [0.1, 0.15) is 11.2 Å². The lowest BCUT2D eigenvalue weighted by atomic mass is 10.0. The molecular formula is C34H18N2OS2. The van der Waals surface area contributed by atoms with E-state index >= 15 is 0 Å².